The maximum atomic E-state index is 10.8. The zero-order valence-corrected chi connectivity index (χ0v) is 10.2. The molecule has 0 unspecified atom stereocenters. The number of nitrogens with two attached hydrogens (primary N) is 1. The second kappa shape index (κ2) is 7.99. The summed E-state index contributed by atoms with van der Waals surface area (Å²) in [6.07, 6.45) is 8.39. The normalized spacial score (nSPS) is 16.9. The molecule has 15 heavy (non-hydrogen) atoms. The molecule has 0 saturated heterocycles. The van der Waals surface area contributed by atoms with E-state index in [1.165, 1.54) is 37.2 Å². The summed E-state index contributed by atoms with van der Waals surface area (Å²) in [5, 5.41) is 0. The fraction of sp³-hybridized carbons (Fsp3) is 0.909. The van der Waals surface area contributed by atoms with Gasteiger partial charge >= 0.3 is 0 Å². The average molecular weight is 230 g/mol. The Morgan fingerprint density at radius 3 is 2.73 bits per heavy atom. The standard InChI is InChI=1S/C11H22N2OS/c12-13-11(14)7-3-4-8-15-9-10-5-1-2-6-10/h10H,1-9,12H2,(H,13,14). The number of thioether (sulfide) groups is 1. The second-order valence-electron chi connectivity index (χ2n) is 4.25. The van der Waals surface area contributed by atoms with Gasteiger partial charge in [-0.1, -0.05) is 12.8 Å². The van der Waals surface area contributed by atoms with Crippen LogP contribution in [0.4, 0.5) is 0 Å². The Balaban J connectivity index is 1.82. The van der Waals surface area contributed by atoms with Gasteiger partial charge in [0.25, 0.3) is 0 Å². The van der Waals surface area contributed by atoms with Crippen LogP contribution < -0.4 is 11.3 Å². The third kappa shape index (κ3) is 6.05. The molecule has 4 heteroatoms. The molecular weight excluding hydrogens is 208 g/mol. The number of hydrogen-bond acceptors (Lipinski definition) is 3. The van der Waals surface area contributed by atoms with E-state index in [2.05, 4.69) is 5.43 Å². The first-order valence-electron chi connectivity index (χ1n) is 5.90. The van der Waals surface area contributed by atoms with E-state index in [-0.39, 0.29) is 5.91 Å². The average Bonchev–Trinajstić information content (AvgIpc) is 2.75. The van der Waals surface area contributed by atoms with Crippen LogP contribution in [-0.4, -0.2) is 17.4 Å². The fourth-order valence-corrected chi connectivity index (χ4v) is 3.23. The molecule has 1 rings (SSSR count). The summed E-state index contributed by atoms with van der Waals surface area (Å²) in [6.45, 7) is 0. The van der Waals surface area contributed by atoms with Crippen LogP contribution in [0, 0.1) is 5.92 Å². The van der Waals surface area contributed by atoms with Crippen LogP contribution in [0.25, 0.3) is 0 Å². The number of carbonyl (C=O) groups excluding carboxylic acids is 1. The van der Waals surface area contributed by atoms with Crippen molar-refractivity contribution < 1.29 is 4.79 Å². The highest BCUT2D eigenvalue weighted by Crippen LogP contribution is 2.28. The monoisotopic (exact) mass is 230 g/mol. The smallest absolute Gasteiger partial charge is 0.233 e. The first-order chi connectivity index (χ1) is 7.33. The molecule has 1 saturated carbocycles. The Morgan fingerprint density at radius 1 is 1.33 bits per heavy atom. The van der Waals surface area contributed by atoms with Crippen LogP contribution in [0.1, 0.15) is 44.9 Å². The highest BCUT2D eigenvalue weighted by molar-refractivity contribution is 7.99. The lowest BCUT2D eigenvalue weighted by Gasteiger charge is -2.07. The number of amides is 1. The third-order valence-corrected chi connectivity index (χ3v) is 4.22. The Hall–Kier alpha value is -0.220. The largest absolute Gasteiger partial charge is 0.294 e. The van der Waals surface area contributed by atoms with Gasteiger partial charge in [-0.2, -0.15) is 11.8 Å². The molecule has 0 spiro atoms. The third-order valence-electron chi connectivity index (χ3n) is 2.93. The molecule has 3 N–H and O–H groups in total. The number of hydrazine groups is 1. The zero-order valence-electron chi connectivity index (χ0n) is 9.34. The summed E-state index contributed by atoms with van der Waals surface area (Å²) >= 11 is 2.05. The Morgan fingerprint density at radius 2 is 2.07 bits per heavy atom. The molecule has 0 aromatic carbocycles. The molecule has 3 nitrogen and oxygen atoms in total. The van der Waals surface area contributed by atoms with Gasteiger partial charge in [-0.25, -0.2) is 5.84 Å². The summed E-state index contributed by atoms with van der Waals surface area (Å²) < 4.78 is 0. The van der Waals surface area contributed by atoms with E-state index < -0.39 is 0 Å². The van der Waals surface area contributed by atoms with Crippen molar-refractivity contribution in [1.82, 2.24) is 5.43 Å². The predicted molar refractivity (Wildman–Crippen MR) is 65.5 cm³/mol. The van der Waals surface area contributed by atoms with Gasteiger partial charge in [0.15, 0.2) is 0 Å². The van der Waals surface area contributed by atoms with Gasteiger partial charge in [-0.05, 0) is 43.1 Å². The van der Waals surface area contributed by atoms with Gasteiger partial charge in [-0.3, -0.25) is 10.2 Å². The molecule has 88 valence electrons. The molecule has 0 aromatic heterocycles. The van der Waals surface area contributed by atoms with Crippen molar-refractivity contribution in [3.63, 3.8) is 0 Å². The molecule has 1 fully saturated rings. The van der Waals surface area contributed by atoms with E-state index in [1.54, 1.807) is 0 Å². The summed E-state index contributed by atoms with van der Waals surface area (Å²) in [5.74, 6) is 8.43. The highest BCUT2D eigenvalue weighted by Gasteiger charge is 2.14. The van der Waals surface area contributed by atoms with Crippen molar-refractivity contribution in [1.29, 1.82) is 0 Å². The highest BCUT2D eigenvalue weighted by atomic mass is 32.2. The van der Waals surface area contributed by atoms with Crippen LogP contribution in [0.5, 0.6) is 0 Å². The van der Waals surface area contributed by atoms with Crippen LogP contribution in [0.3, 0.4) is 0 Å². The zero-order chi connectivity index (χ0) is 10.9. The lowest BCUT2D eigenvalue weighted by atomic mass is 10.1. The van der Waals surface area contributed by atoms with Crippen molar-refractivity contribution in [2.24, 2.45) is 11.8 Å². The van der Waals surface area contributed by atoms with Crippen LogP contribution in [-0.2, 0) is 4.79 Å². The number of unbranched alkanes of at least 4 members (excludes halogenated alkanes) is 1. The van der Waals surface area contributed by atoms with Gasteiger partial charge in [0.05, 0.1) is 0 Å². The molecule has 1 aliphatic rings. The first kappa shape index (κ1) is 12.8. The Bertz CT molecular complexity index is 181. The lowest BCUT2D eigenvalue weighted by molar-refractivity contribution is -0.121. The van der Waals surface area contributed by atoms with E-state index in [0.29, 0.717) is 6.42 Å². The minimum absolute atomic E-state index is 0.0456. The molecule has 0 radical (unpaired) electrons. The summed E-state index contributed by atoms with van der Waals surface area (Å²) in [7, 11) is 0. The number of hydrogen-bond donors (Lipinski definition) is 2. The van der Waals surface area contributed by atoms with Gasteiger partial charge in [0.2, 0.25) is 5.91 Å². The predicted octanol–water partition coefficient (Wildman–Crippen LogP) is 2.07. The van der Waals surface area contributed by atoms with Crippen LogP contribution in [0.15, 0.2) is 0 Å². The van der Waals surface area contributed by atoms with Crippen molar-refractivity contribution >= 4 is 17.7 Å². The number of carbonyl (C=O) groups is 1. The molecule has 0 atom stereocenters. The molecular formula is C11H22N2OS. The lowest BCUT2D eigenvalue weighted by Crippen LogP contribution is -2.29. The summed E-state index contributed by atoms with van der Waals surface area (Å²) in [5.41, 5.74) is 2.15. The Kier molecular flexibility index (Phi) is 6.85. The maximum absolute atomic E-state index is 10.8. The van der Waals surface area contributed by atoms with Gasteiger partial charge in [0, 0.05) is 6.42 Å². The van der Waals surface area contributed by atoms with Crippen LogP contribution >= 0.6 is 11.8 Å². The molecule has 0 aromatic rings. The molecule has 0 heterocycles. The first-order valence-corrected chi connectivity index (χ1v) is 7.05. The number of rotatable bonds is 7. The topological polar surface area (TPSA) is 55.1 Å². The fourth-order valence-electron chi connectivity index (χ4n) is 1.99. The summed E-state index contributed by atoms with van der Waals surface area (Å²) in [4.78, 5) is 10.8. The summed E-state index contributed by atoms with van der Waals surface area (Å²) in [6, 6.07) is 0. The molecule has 1 amide bonds. The van der Waals surface area contributed by atoms with Gasteiger partial charge in [-0.15, -0.1) is 0 Å². The van der Waals surface area contributed by atoms with E-state index in [9.17, 15) is 4.79 Å². The SMILES string of the molecule is NNC(=O)CCCCSCC1CCCC1. The number of nitrogens with one attached hydrogen (secondary N) is 1. The van der Waals surface area contributed by atoms with E-state index >= 15 is 0 Å². The molecule has 1 aliphatic carbocycles. The second-order valence-corrected chi connectivity index (χ2v) is 5.40. The van der Waals surface area contributed by atoms with E-state index in [4.69, 9.17) is 5.84 Å². The maximum Gasteiger partial charge on any atom is 0.233 e. The Labute approximate surface area is 96.5 Å². The van der Waals surface area contributed by atoms with Crippen molar-refractivity contribution in [3.8, 4) is 0 Å². The van der Waals surface area contributed by atoms with Crippen molar-refractivity contribution in [2.75, 3.05) is 11.5 Å². The van der Waals surface area contributed by atoms with Crippen molar-refractivity contribution in [2.45, 2.75) is 44.9 Å². The minimum atomic E-state index is -0.0456. The quantitative estimate of drug-likeness (QED) is 0.305. The van der Waals surface area contributed by atoms with Gasteiger partial charge in [0.1, 0.15) is 0 Å². The van der Waals surface area contributed by atoms with Gasteiger partial charge < -0.3 is 0 Å². The van der Waals surface area contributed by atoms with Crippen molar-refractivity contribution in [3.05, 3.63) is 0 Å². The minimum Gasteiger partial charge on any atom is -0.294 e. The van der Waals surface area contributed by atoms with Crippen LogP contribution in [0.2, 0.25) is 0 Å². The van der Waals surface area contributed by atoms with E-state index in [0.717, 1.165) is 18.8 Å². The molecule has 0 aliphatic heterocycles. The van der Waals surface area contributed by atoms with E-state index in [1.807, 2.05) is 11.8 Å². The molecule has 0 bridgehead atoms.